The molecular weight excluding hydrogens is 324 g/mol. The van der Waals surface area contributed by atoms with Crippen LogP contribution in [-0.2, 0) is 0 Å². The lowest BCUT2D eigenvalue weighted by Crippen LogP contribution is -2.04. The number of imidazole rings is 1. The number of ether oxygens (including phenoxy) is 2. The van der Waals surface area contributed by atoms with E-state index in [2.05, 4.69) is 21.5 Å². The van der Waals surface area contributed by atoms with Gasteiger partial charge in [-0.05, 0) is 42.8 Å². The Morgan fingerprint density at radius 1 is 0.923 bits per heavy atom. The van der Waals surface area contributed by atoms with E-state index >= 15 is 0 Å². The molecule has 26 heavy (non-hydrogen) atoms. The summed E-state index contributed by atoms with van der Waals surface area (Å²) in [6, 6.07) is 22.1. The van der Waals surface area contributed by atoms with Gasteiger partial charge in [0.15, 0.2) is 11.5 Å². The van der Waals surface area contributed by atoms with Gasteiger partial charge >= 0.3 is 0 Å². The van der Waals surface area contributed by atoms with Crippen LogP contribution in [0.2, 0.25) is 0 Å². The standard InChI is InChI=1S/C22H20N2O2/c1-16(17-8-4-3-5-9-17)26-20-12-11-18(14-21(20)25-2)19-15-23-22-10-6-7-13-24(19)22/h3-16H,1-2H3/t16-/m0/s1. The first-order chi connectivity index (χ1) is 12.8. The second kappa shape index (κ2) is 6.92. The lowest BCUT2D eigenvalue weighted by Gasteiger charge is -2.18. The SMILES string of the molecule is COc1cc(-c2cnc3ccccn23)ccc1O[C@@H](C)c1ccccc1. The van der Waals surface area contributed by atoms with Crippen LogP contribution in [-0.4, -0.2) is 16.5 Å². The Labute approximate surface area is 152 Å². The number of methoxy groups -OCH3 is 1. The molecule has 0 aliphatic carbocycles. The molecule has 0 spiro atoms. The van der Waals surface area contributed by atoms with E-state index in [4.69, 9.17) is 9.47 Å². The van der Waals surface area contributed by atoms with Crippen molar-refractivity contribution in [2.45, 2.75) is 13.0 Å². The number of rotatable bonds is 5. The Morgan fingerprint density at radius 2 is 1.73 bits per heavy atom. The second-order valence-corrected chi connectivity index (χ2v) is 6.11. The lowest BCUT2D eigenvalue weighted by molar-refractivity contribution is 0.216. The summed E-state index contributed by atoms with van der Waals surface area (Å²) in [7, 11) is 1.66. The molecule has 0 fully saturated rings. The summed E-state index contributed by atoms with van der Waals surface area (Å²) in [4.78, 5) is 4.45. The van der Waals surface area contributed by atoms with E-state index < -0.39 is 0 Å². The zero-order chi connectivity index (χ0) is 17.9. The summed E-state index contributed by atoms with van der Waals surface area (Å²) < 4.78 is 13.8. The van der Waals surface area contributed by atoms with Gasteiger partial charge in [-0.2, -0.15) is 0 Å². The molecule has 0 amide bonds. The van der Waals surface area contributed by atoms with Crippen LogP contribution in [0.1, 0.15) is 18.6 Å². The molecule has 130 valence electrons. The normalized spacial score (nSPS) is 12.1. The molecule has 0 saturated carbocycles. The summed E-state index contributed by atoms with van der Waals surface area (Å²) in [5, 5.41) is 0. The maximum absolute atomic E-state index is 6.13. The fourth-order valence-electron chi connectivity index (χ4n) is 3.05. The molecule has 0 unspecified atom stereocenters. The maximum atomic E-state index is 6.13. The van der Waals surface area contributed by atoms with Crippen molar-refractivity contribution in [3.63, 3.8) is 0 Å². The molecule has 1 atom stereocenters. The average molecular weight is 344 g/mol. The molecule has 0 bridgehead atoms. The van der Waals surface area contributed by atoms with Gasteiger partial charge in [-0.25, -0.2) is 4.98 Å². The summed E-state index contributed by atoms with van der Waals surface area (Å²) >= 11 is 0. The van der Waals surface area contributed by atoms with Crippen LogP contribution in [0.4, 0.5) is 0 Å². The quantitative estimate of drug-likeness (QED) is 0.502. The van der Waals surface area contributed by atoms with Crippen molar-refractivity contribution in [3.8, 4) is 22.8 Å². The fraction of sp³-hybridized carbons (Fsp3) is 0.136. The van der Waals surface area contributed by atoms with E-state index in [1.165, 1.54) is 0 Å². The highest BCUT2D eigenvalue weighted by Crippen LogP contribution is 2.35. The van der Waals surface area contributed by atoms with Crippen LogP contribution in [0.25, 0.3) is 16.9 Å². The van der Waals surface area contributed by atoms with E-state index in [0.29, 0.717) is 5.75 Å². The Hall–Kier alpha value is -3.27. The summed E-state index contributed by atoms with van der Waals surface area (Å²) in [5.41, 5.74) is 4.08. The largest absolute Gasteiger partial charge is 0.493 e. The minimum absolute atomic E-state index is 0.0632. The maximum Gasteiger partial charge on any atom is 0.162 e. The van der Waals surface area contributed by atoms with Gasteiger partial charge in [0.2, 0.25) is 0 Å². The highest BCUT2D eigenvalue weighted by atomic mass is 16.5. The molecule has 0 N–H and O–H groups in total. The van der Waals surface area contributed by atoms with Crippen molar-refractivity contribution in [2.75, 3.05) is 7.11 Å². The second-order valence-electron chi connectivity index (χ2n) is 6.11. The highest BCUT2D eigenvalue weighted by molar-refractivity contribution is 5.67. The molecular formula is C22H20N2O2. The molecule has 4 rings (SSSR count). The van der Waals surface area contributed by atoms with Crippen molar-refractivity contribution >= 4 is 5.65 Å². The Morgan fingerprint density at radius 3 is 2.54 bits per heavy atom. The number of hydrogen-bond acceptors (Lipinski definition) is 3. The zero-order valence-electron chi connectivity index (χ0n) is 14.8. The number of fused-ring (bicyclic) bond motifs is 1. The summed E-state index contributed by atoms with van der Waals surface area (Å²) in [5.74, 6) is 1.43. The molecule has 0 aliphatic rings. The third-order valence-electron chi connectivity index (χ3n) is 4.45. The van der Waals surface area contributed by atoms with Crippen molar-refractivity contribution < 1.29 is 9.47 Å². The first-order valence-electron chi connectivity index (χ1n) is 8.58. The van der Waals surface area contributed by atoms with E-state index in [1.54, 1.807) is 7.11 Å². The van der Waals surface area contributed by atoms with Gasteiger partial charge in [0.1, 0.15) is 11.8 Å². The first-order valence-corrected chi connectivity index (χ1v) is 8.58. The third-order valence-corrected chi connectivity index (χ3v) is 4.45. The number of benzene rings is 2. The fourth-order valence-corrected chi connectivity index (χ4v) is 3.05. The first kappa shape index (κ1) is 16.2. The lowest BCUT2D eigenvalue weighted by atomic mass is 10.1. The third kappa shape index (κ3) is 3.02. The average Bonchev–Trinajstić information content (AvgIpc) is 3.13. The predicted octanol–water partition coefficient (Wildman–Crippen LogP) is 5.15. The summed E-state index contributed by atoms with van der Waals surface area (Å²) in [6.07, 6.45) is 3.82. The van der Waals surface area contributed by atoms with Crippen molar-refractivity contribution in [2.24, 2.45) is 0 Å². The molecule has 4 nitrogen and oxygen atoms in total. The van der Waals surface area contributed by atoms with Gasteiger partial charge in [-0.1, -0.05) is 36.4 Å². The van der Waals surface area contributed by atoms with Gasteiger partial charge in [-0.3, -0.25) is 4.40 Å². The number of pyridine rings is 1. The minimum atomic E-state index is -0.0632. The van der Waals surface area contributed by atoms with E-state index in [9.17, 15) is 0 Å². The molecule has 0 saturated heterocycles. The van der Waals surface area contributed by atoms with Crippen molar-refractivity contribution in [3.05, 3.63) is 84.7 Å². The van der Waals surface area contributed by atoms with Gasteiger partial charge in [0.05, 0.1) is 19.0 Å². The highest BCUT2D eigenvalue weighted by Gasteiger charge is 2.13. The molecule has 2 aromatic heterocycles. The monoisotopic (exact) mass is 344 g/mol. The molecule has 0 radical (unpaired) electrons. The number of hydrogen-bond donors (Lipinski definition) is 0. The number of nitrogens with zero attached hydrogens (tertiary/aromatic N) is 2. The van der Waals surface area contributed by atoms with Crippen molar-refractivity contribution in [1.82, 2.24) is 9.38 Å². The molecule has 4 aromatic rings. The molecule has 0 aliphatic heterocycles. The van der Waals surface area contributed by atoms with E-state index in [-0.39, 0.29) is 6.10 Å². The van der Waals surface area contributed by atoms with Crippen LogP contribution in [0.15, 0.2) is 79.1 Å². The Kier molecular flexibility index (Phi) is 4.32. The van der Waals surface area contributed by atoms with Gasteiger partial charge in [-0.15, -0.1) is 0 Å². The Bertz CT molecular complexity index is 1020. The zero-order valence-corrected chi connectivity index (χ0v) is 14.8. The van der Waals surface area contributed by atoms with Crippen LogP contribution in [0, 0.1) is 0 Å². The van der Waals surface area contributed by atoms with E-state index in [1.807, 2.05) is 73.9 Å². The molecule has 4 heteroatoms. The van der Waals surface area contributed by atoms with Gasteiger partial charge in [0.25, 0.3) is 0 Å². The van der Waals surface area contributed by atoms with Gasteiger partial charge < -0.3 is 9.47 Å². The van der Waals surface area contributed by atoms with Crippen molar-refractivity contribution in [1.29, 1.82) is 0 Å². The predicted molar refractivity (Wildman–Crippen MR) is 103 cm³/mol. The van der Waals surface area contributed by atoms with Crippen LogP contribution in [0.5, 0.6) is 11.5 Å². The van der Waals surface area contributed by atoms with Crippen LogP contribution in [0.3, 0.4) is 0 Å². The summed E-state index contributed by atoms with van der Waals surface area (Å²) in [6.45, 7) is 2.03. The van der Waals surface area contributed by atoms with E-state index in [0.717, 1.165) is 28.2 Å². The smallest absolute Gasteiger partial charge is 0.162 e. The number of aromatic nitrogens is 2. The topological polar surface area (TPSA) is 35.8 Å². The van der Waals surface area contributed by atoms with Crippen LogP contribution >= 0.6 is 0 Å². The minimum Gasteiger partial charge on any atom is -0.493 e. The Balaban J connectivity index is 1.66. The van der Waals surface area contributed by atoms with Gasteiger partial charge in [0, 0.05) is 11.8 Å². The molecule has 2 heterocycles. The molecule has 2 aromatic carbocycles. The van der Waals surface area contributed by atoms with Crippen LogP contribution < -0.4 is 9.47 Å².